The molecule has 1 aromatic carbocycles. The number of aliphatic hydroxyl groups is 1. The largest absolute Gasteiger partial charge is 0.396 e. The molecular formula is C15H24O. The average molecular weight is 220 g/mol. The molecule has 0 amide bonds. The highest BCUT2D eigenvalue weighted by atomic mass is 16.3. The van der Waals surface area contributed by atoms with Gasteiger partial charge in [-0.1, -0.05) is 62.9 Å². The standard InChI is InChI=1S/C15H24O/c1-2-3-5-8-15(11-12-16)13-14-9-6-4-7-10-14/h4,6-7,9-10,15-16H,2-3,5,8,11-13H2,1H3. The molecule has 0 saturated heterocycles. The molecule has 1 heteroatoms. The molecule has 0 bridgehead atoms. The Bertz CT molecular complexity index is 255. The van der Waals surface area contributed by atoms with Gasteiger partial charge in [-0.15, -0.1) is 0 Å². The third kappa shape index (κ3) is 5.32. The van der Waals surface area contributed by atoms with Crippen molar-refractivity contribution < 1.29 is 5.11 Å². The summed E-state index contributed by atoms with van der Waals surface area (Å²) in [5, 5.41) is 9.07. The van der Waals surface area contributed by atoms with Crippen molar-refractivity contribution in [1.29, 1.82) is 0 Å². The molecule has 0 aliphatic carbocycles. The Kier molecular flexibility index (Phi) is 6.91. The Morgan fingerprint density at radius 3 is 2.44 bits per heavy atom. The average Bonchev–Trinajstić information content (AvgIpc) is 2.31. The van der Waals surface area contributed by atoms with Crippen molar-refractivity contribution >= 4 is 0 Å². The molecule has 0 aliphatic heterocycles. The number of aliphatic hydroxyl groups excluding tert-OH is 1. The third-order valence-electron chi connectivity index (χ3n) is 3.12. The SMILES string of the molecule is CCCCCC(CCO)Cc1ccccc1. The molecular weight excluding hydrogens is 196 g/mol. The molecule has 1 atom stereocenters. The van der Waals surface area contributed by atoms with Crippen molar-refractivity contribution in [2.75, 3.05) is 6.61 Å². The topological polar surface area (TPSA) is 20.2 Å². The molecule has 0 radical (unpaired) electrons. The van der Waals surface area contributed by atoms with Crippen LogP contribution in [0.4, 0.5) is 0 Å². The van der Waals surface area contributed by atoms with Crippen molar-refractivity contribution in [3.63, 3.8) is 0 Å². The van der Waals surface area contributed by atoms with Gasteiger partial charge >= 0.3 is 0 Å². The van der Waals surface area contributed by atoms with Crippen LogP contribution in [0.25, 0.3) is 0 Å². The zero-order chi connectivity index (χ0) is 11.6. The van der Waals surface area contributed by atoms with E-state index in [1.165, 1.54) is 31.2 Å². The van der Waals surface area contributed by atoms with E-state index in [4.69, 9.17) is 5.11 Å². The molecule has 16 heavy (non-hydrogen) atoms. The second kappa shape index (κ2) is 8.35. The number of rotatable bonds is 8. The first-order valence-electron chi connectivity index (χ1n) is 6.51. The van der Waals surface area contributed by atoms with Crippen LogP contribution in [0.15, 0.2) is 30.3 Å². The number of hydrogen-bond acceptors (Lipinski definition) is 1. The summed E-state index contributed by atoms with van der Waals surface area (Å²) in [6.07, 6.45) is 7.20. The van der Waals surface area contributed by atoms with Gasteiger partial charge in [0, 0.05) is 6.61 Å². The highest BCUT2D eigenvalue weighted by molar-refractivity contribution is 5.15. The lowest BCUT2D eigenvalue weighted by Gasteiger charge is -2.15. The van der Waals surface area contributed by atoms with E-state index in [9.17, 15) is 0 Å². The van der Waals surface area contributed by atoms with Gasteiger partial charge in [-0.25, -0.2) is 0 Å². The maximum Gasteiger partial charge on any atom is 0.0433 e. The summed E-state index contributed by atoms with van der Waals surface area (Å²) in [4.78, 5) is 0. The minimum absolute atomic E-state index is 0.323. The van der Waals surface area contributed by atoms with Gasteiger partial charge in [-0.3, -0.25) is 0 Å². The summed E-state index contributed by atoms with van der Waals surface area (Å²) in [7, 11) is 0. The van der Waals surface area contributed by atoms with Gasteiger partial charge in [0.25, 0.3) is 0 Å². The minimum Gasteiger partial charge on any atom is -0.396 e. The summed E-state index contributed by atoms with van der Waals surface area (Å²) < 4.78 is 0. The van der Waals surface area contributed by atoms with Crippen LogP contribution in [-0.2, 0) is 6.42 Å². The van der Waals surface area contributed by atoms with E-state index in [-0.39, 0.29) is 0 Å². The lowest BCUT2D eigenvalue weighted by atomic mass is 9.91. The van der Waals surface area contributed by atoms with Gasteiger partial charge in [0.2, 0.25) is 0 Å². The Balaban J connectivity index is 2.38. The maximum absolute atomic E-state index is 9.07. The third-order valence-corrected chi connectivity index (χ3v) is 3.12. The van der Waals surface area contributed by atoms with Crippen LogP contribution in [0.1, 0.15) is 44.6 Å². The predicted octanol–water partition coefficient (Wildman–Crippen LogP) is 3.81. The molecule has 0 aromatic heterocycles. The Labute approximate surface area is 99.5 Å². The van der Waals surface area contributed by atoms with Crippen molar-refractivity contribution in [3.05, 3.63) is 35.9 Å². The monoisotopic (exact) mass is 220 g/mol. The zero-order valence-electron chi connectivity index (χ0n) is 10.4. The van der Waals surface area contributed by atoms with Gasteiger partial charge < -0.3 is 5.11 Å². The lowest BCUT2D eigenvalue weighted by molar-refractivity contribution is 0.249. The summed E-state index contributed by atoms with van der Waals surface area (Å²) in [5.74, 6) is 0.652. The molecule has 0 heterocycles. The van der Waals surface area contributed by atoms with E-state index in [1.807, 2.05) is 0 Å². The van der Waals surface area contributed by atoms with Gasteiger partial charge in [-0.2, -0.15) is 0 Å². The van der Waals surface area contributed by atoms with Crippen molar-refractivity contribution in [3.8, 4) is 0 Å². The van der Waals surface area contributed by atoms with E-state index >= 15 is 0 Å². The summed E-state index contributed by atoms with van der Waals surface area (Å²) in [6, 6.07) is 10.6. The van der Waals surface area contributed by atoms with E-state index in [2.05, 4.69) is 37.3 Å². The second-order valence-electron chi connectivity index (χ2n) is 4.56. The van der Waals surface area contributed by atoms with Crippen LogP contribution >= 0.6 is 0 Å². The van der Waals surface area contributed by atoms with Crippen LogP contribution in [-0.4, -0.2) is 11.7 Å². The highest BCUT2D eigenvalue weighted by Gasteiger charge is 2.08. The Hall–Kier alpha value is -0.820. The fraction of sp³-hybridized carbons (Fsp3) is 0.600. The fourth-order valence-electron chi connectivity index (χ4n) is 2.16. The molecule has 1 rings (SSSR count). The normalized spacial score (nSPS) is 12.6. The summed E-state index contributed by atoms with van der Waals surface area (Å²) in [6.45, 7) is 2.56. The van der Waals surface area contributed by atoms with Gasteiger partial charge in [0.15, 0.2) is 0 Å². The van der Waals surface area contributed by atoms with Crippen LogP contribution in [0.3, 0.4) is 0 Å². The molecule has 1 aromatic rings. The van der Waals surface area contributed by atoms with E-state index in [0.29, 0.717) is 12.5 Å². The first-order valence-corrected chi connectivity index (χ1v) is 6.51. The maximum atomic E-state index is 9.07. The molecule has 1 nitrogen and oxygen atoms in total. The molecule has 0 fully saturated rings. The van der Waals surface area contributed by atoms with E-state index in [1.54, 1.807) is 0 Å². The van der Waals surface area contributed by atoms with Crippen molar-refractivity contribution in [2.24, 2.45) is 5.92 Å². The molecule has 0 spiro atoms. The molecule has 90 valence electrons. The predicted molar refractivity (Wildman–Crippen MR) is 69.5 cm³/mol. The van der Waals surface area contributed by atoms with Crippen LogP contribution < -0.4 is 0 Å². The van der Waals surface area contributed by atoms with Gasteiger partial charge in [-0.05, 0) is 24.3 Å². The zero-order valence-corrected chi connectivity index (χ0v) is 10.4. The first-order chi connectivity index (χ1) is 7.86. The molecule has 0 aliphatic rings. The molecule has 1 N–H and O–H groups in total. The molecule has 0 saturated carbocycles. The van der Waals surface area contributed by atoms with Crippen LogP contribution in [0, 0.1) is 5.92 Å². The fourth-order valence-corrected chi connectivity index (χ4v) is 2.16. The van der Waals surface area contributed by atoms with Crippen LogP contribution in [0.5, 0.6) is 0 Å². The number of hydrogen-bond donors (Lipinski definition) is 1. The Morgan fingerprint density at radius 2 is 1.81 bits per heavy atom. The summed E-state index contributed by atoms with van der Waals surface area (Å²) >= 11 is 0. The Morgan fingerprint density at radius 1 is 1.06 bits per heavy atom. The van der Waals surface area contributed by atoms with Crippen molar-refractivity contribution in [1.82, 2.24) is 0 Å². The minimum atomic E-state index is 0.323. The van der Waals surface area contributed by atoms with E-state index in [0.717, 1.165) is 12.8 Å². The summed E-state index contributed by atoms with van der Waals surface area (Å²) in [5.41, 5.74) is 1.40. The van der Waals surface area contributed by atoms with E-state index < -0.39 is 0 Å². The first kappa shape index (κ1) is 13.2. The van der Waals surface area contributed by atoms with Gasteiger partial charge in [0.05, 0.1) is 0 Å². The highest BCUT2D eigenvalue weighted by Crippen LogP contribution is 2.18. The smallest absolute Gasteiger partial charge is 0.0433 e. The second-order valence-corrected chi connectivity index (χ2v) is 4.56. The number of unbranched alkanes of at least 4 members (excludes halogenated alkanes) is 2. The van der Waals surface area contributed by atoms with Crippen molar-refractivity contribution in [2.45, 2.75) is 45.4 Å². The molecule has 1 unspecified atom stereocenters. The van der Waals surface area contributed by atoms with Gasteiger partial charge in [0.1, 0.15) is 0 Å². The van der Waals surface area contributed by atoms with Crippen LogP contribution in [0.2, 0.25) is 0 Å². The quantitative estimate of drug-likeness (QED) is 0.660. The lowest BCUT2D eigenvalue weighted by Crippen LogP contribution is -2.07. The number of benzene rings is 1.